The minimum atomic E-state index is -0.576. The maximum Gasteiger partial charge on any atom is 0.128 e. The monoisotopic (exact) mass is 301 g/mol. The third-order valence-electron chi connectivity index (χ3n) is 3.76. The van der Waals surface area contributed by atoms with Crippen molar-refractivity contribution in [3.63, 3.8) is 0 Å². The second kappa shape index (κ2) is 4.02. The van der Waals surface area contributed by atoms with Crippen molar-refractivity contribution < 1.29 is 14.3 Å². The van der Waals surface area contributed by atoms with Crippen LogP contribution in [0, 0.1) is 11.7 Å². The predicted octanol–water partition coefficient (Wildman–Crippen LogP) is 2.09. The van der Waals surface area contributed by atoms with Crippen LogP contribution < -0.4 is 5.48 Å². The van der Waals surface area contributed by atoms with E-state index in [0.29, 0.717) is 25.0 Å². The van der Waals surface area contributed by atoms with Crippen LogP contribution in [-0.2, 0) is 10.4 Å². The van der Waals surface area contributed by atoms with E-state index in [9.17, 15) is 9.50 Å². The molecule has 92 valence electrons. The first-order chi connectivity index (χ1) is 8.12. The van der Waals surface area contributed by atoms with Crippen molar-refractivity contribution in [2.24, 2.45) is 5.92 Å². The number of aliphatic hydroxyl groups is 1. The van der Waals surface area contributed by atoms with Crippen molar-refractivity contribution in [2.45, 2.75) is 24.5 Å². The lowest BCUT2D eigenvalue weighted by Gasteiger charge is -2.28. The molecule has 1 aliphatic heterocycles. The average Bonchev–Trinajstić information content (AvgIpc) is 2.78. The van der Waals surface area contributed by atoms with Crippen molar-refractivity contribution in [3.05, 3.63) is 34.1 Å². The number of hydroxylamine groups is 1. The summed E-state index contributed by atoms with van der Waals surface area (Å²) in [7, 11) is 0. The summed E-state index contributed by atoms with van der Waals surface area (Å²) in [4.78, 5) is 5.27. The molecule has 0 aromatic heterocycles. The fraction of sp³-hybridized carbons (Fsp3) is 0.500. The molecular weight excluding hydrogens is 289 g/mol. The van der Waals surface area contributed by atoms with E-state index in [2.05, 4.69) is 21.4 Å². The average molecular weight is 302 g/mol. The van der Waals surface area contributed by atoms with Crippen LogP contribution in [0.15, 0.2) is 22.7 Å². The lowest BCUT2D eigenvalue weighted by atomic mass is 9.82. The van der Waals surface area contributed by atoms with Crippen LogP contribution in [0.25, 0.3) is 0 Å². The quantitative estimate of drug-likeness (QED) is 0.834. The number of fused-ring (bicyclic) bond motifs is 1. The third kappa shape index (κ3) is 1.73. The minimum absolute atomic E-state index is 0.126. The van der Waals surface area contributed by atoms with Crippen LogP contribution in [-0.4, -0.2) is 17.8 Å². The van der Waals surface area contributed by atoms with Crippen molar-refractivity contribution in [2.75, 3.05) is 6.61 Å². The third-order valence-corrected chi connectivity index (χ3v) is 4.25. The number of hydrogen-bond donors (Lipinski definition) is 2. The normalized spacial score (nSPS) is 36.2. The summed E-state index contributed by atoms with van der Waals surface area (Å²) >= 11 is 3.35. The highest BCUT2D eigenvalue weighted by Crippen LogP contribution is 2.47. The van der Waals surface area contributed by atoms with Crippen LogP contribution in [0.4, 0.5) is 4.39 Å². The summed E-state index contributed by atoms with van der Waals surface area (Å²) < 4.78 is 14.8. The fourth-order valence-corrected chi connectivity index (χ4v) is 3.34. The van der Waals surface area contributed by atoms with Crippen molar-refractivity contribution in [1.29, 1.82) is 0 Å². The van der Waals surface area contributed by atoms with E-state index in [4.69, 9.17) is 4.84 Å². The van der Waals surface area contributed by atoms with Gasteiger partial charge in [0, 0.05) is 16.0 Å². The Labute approximate surface area is 107 Å². The van der Waals surface area contributed by atoms with Gasteiger partial charge in [0.1, 0.15) is 5.82 Å². The van der Waals surface area contributed by atoms with E-state index in [-0.39, 0.29) is 11.7 Å². The first kappa shape index (κ1) is 11.6. The molecule has 3 nitrogen and oxygen atoms in total. The molecule has 3 rings (SSSR count). The maximum atomic E-state index is 14.0. The molecule has 0 bridgehead atoms. The van der Waals surface area contributed by atoms with Crippen LogP contribution in [0.2, 0.25) is 0 Å². The molecule has 17 heavy (non-hydrogen) atoms. The van der Waals surface area contributed by atoms with Gasteiger partial charge in [-0.15, -0.1) is 0 Å². The first-order valence-electron chi connectivity index (χ1n) is 5.64. The van der Waals surface area contributed by atoms with Gasteiger partial charge in [0.15, 0.2) is 0 Å². The Morgan fingerprint density at radius 2 is 2.35 bits per heavy atom. The smallest absolute Gasteiger partial charge is 0.128 e. The Bertz CT molecular complexity index is 456. The molecule has 5 heteroatoms. The fourth-order valence-electron chi connectivity index (χ4n) is 2.98. The largest absolute Gasteiger partial charge is 0.393 e. The molecule has 0 spiro atoms. The van der Waals surface area contributed by atoms with Gasteiger partial charge in [-0.05, 0) is 31.0 Å². The van der Waals surface area contributed by atoms with Gasteiger partial charge in [-0.25, -0.2) is 4.39 Å². The molecular formula is C12H13BrFNO2. The van der Waals surface area contributed by atoms with Crippen molar-refractivity contribution in [1.82, 2.24) is 5.48 Å². The second-order valence-corrected chi connectivity index (χ2v) is 5.71. The maximum absolute atomic E-state index is 14.0. The number of halogens is 2. The highest BCUT2D eigenvalue weighted by atomic mass is 79.9. The van der Waals surface area contributed by atoms with Crippen LogP contribution >= 0.6 is 15.9 Å². The highest BCUT2D eigenvalue weighted by molar-refractivity contribution is 9.10. The minimum Gasteiger partial charge on any atom is -0.393 e. The van der Waals surface area contributed by atoms with Gasteiger partial charge in [-0.2, -0.15) is 5.48 Å². The molecule has 0 radical (unpaired) electrons. The van der Waals surface area contributed by atoms with Crippen LogP contribution in [0.3, 0.4) is 0 Å². The molecule has 1 saturated heterocycles. The molecule has 1 aromatic carbocycles. The molecule has 3 atom stereocenters. The standard InChI is InChI=1S/C12H13BrFNO2/c13-8-1-2-11(14)10(4-8)12-5-9(16)3-7(12)6-17-15-12/h1-2,4,7,9,15-16H,3,5-6H2/t7-,9?,12-/m0/s1. The van der Waals surface area contributed by atoms with Gasteiger partial charge in [0.25, 0.3) is 0 Å². The van der Waals surface area contributed by atoms with E-state index in [0.717, 1.165) is 4.47 Å². The van der Waals surface area contributed by atoms with Gasteiger partial charge < -0.3 is 9.94 Å². The van der Waals surface area contributed by atoms with Gasteiger partial charge in [0.05, 0.1) is 18.2 Å². The van der Waals surface area contributed by atoms with Gasteiger partial charge in [-0.1, -0.05) is 15.9 Å². The van der Waals surface area contributed by atoms with E-state index in [1.807, 2.05) is 0 Å². The Kier molecular flexibility index (Phi) is 2.74. The zero-order chi connectivity index (χ0) is 12.0. The van der Waals surface area contributed by atoms with Crippen molar-refractivity contribution >= 4 is 15.9 Å². The van der Waals surface area contributed by atoms with Crippen LogP contribution in [0.5, 0.6) is 0 Å². The summed E-state index contributed by atoms with van der Waals surface area (Å²) in [5.74, 6) is -0.133. The summed E-state index contributed by atoms with van der Waals surface area (Å²) in [5.41, 5.74) is 2.92. The Morgan fingerprint density at radius 1 is 1.53 bits per heavy atom. The summed E-state index contributed by atoms with van der Waals surface area (Å²) in [6.45, 7) is 0.517. The SMILES string of the molecule is OC1C[C@H]2CON[C@@]2(c2cc(Br)ccc2F)C1. The molecule has 0 amide bonds. The number of hydrogen-bond acceptors (Lipinski definition) is 3. The van der Waals surface area contributed by atoms with E-state index in [1.165, 1.54) is 6.07 Å². The Hall–Kier alpha value is -0.490. The lowest BCUT2D eigenvalue weighted by Crippen LogP contribution is -2.39. The van der Waals surface area contributed by atoms with Crippen LogP contribution in [0.1, 0.15) is 18.4 Å². The summed E-state index contributed by atoms with van der Waals surface area (Å²) in [6.07, 6.45) is 0.749. The summed E-state index contributed by atoms with van der Waals surface area (Å²) in [6, 6.07) is 4.88. The zero-order valence-electron chi connectivity index (χ0n) is 9.12. The van der Waals surface area contributed by atoms with Gasteiger partial charge >= 0.3 is 0 Å². The zero-order valence-corrected chi connectivity index (χ0v) is 10.7. The van der Waals surface area contributed by atoms with Crippen molar-refractivity contribution in [3.8, 4) is 0 Å². The summed E-state index contributed by atoms with van der Waals surface area (Å²) in [5, 5.41) is 9.79. The Balaban J connectivity index is 2.09. The van der Waals surface area contributed by atoms with E-state index >= 15 is 0 Å². The van der Waals surface area contributed by atoms with E-state index < -0.39 is 11.6 Å². The molecule has 1 heterocycles. The topological polar surface area (TPSA) is 41.5 Å². The number of nitrogens with one attached hydrogen (secondary N) is 1. The Morgan fingerprint density at radius 3 is 3.18 bits per heavy atom. The molecule has 2 aliphatic rings. The molecule has 1 unspecified atom stereocenters. The predicted molar refractivity (Wildman–Crippen MR) is 63.6 cm³/mol. The molecule has 1 aliphatic carbocycles. The molecule has 1 saturated carbocycles. The van der Waals surface area contributed by atoms with E-state index in [1.54, 1.807) is 12.1 Å². The number of aliphatic hydroxyl groups excluding tert-OH is 1. The first-order valence-corrected chi connectivity index (χ1v) is 6.44. The molecule has 2 fully saturated rings. The van der Waals surface area contributed by atoms with Gasteiger partial charge in [-0.3, -0.25) is 0 Å². The number of benzene rings is 1. The second-order valence-electron chi connectivity index (χ2n) is 4.80. The number of rotatable bonds is 1. The lowest BCUT2D eigenvalue weighted by molar-refractivity contribution is 0.0385. The molecule has 2 N–H and O–H groups in total. The highest BCUT2D eigenvalue weighted by Gasteiger charge is 2.53. The molecule has 1 aromatic rings. The van der Waals surface area contributed by atoms with Gasteiger partial charge in [0.2, 0.25) is 0 Å².